The van der Waals surface area contributed by atoms with Gasteiger partial charge in [0.2, 0.25) is 0 Å². The third-order valence-electron chi connectivity index (χ3n) is 1.91. The lowest BCUT2D eigenvalue weighted by Gasteiger charge is -2.20. The summed E-state index contributed by atoms with van der Waals surface area (Å²) in [6.07, 6.45) is 0. The van der Waals surface area contributed by atoms with Gasteiger partial charge in [0, 0.05) is 5.56 Å². The Morgan fingerprint density at radius 1 is 1.43 bits per heavy atom. The minimum Gasteiger partial charge on any atom is -0.492 e. The van der Waals surface area contributed by atoms with Crippen LogP contribution in [-0.2, 0) is 5.60 Å². The van der Waals surface area contributed by atoms with Crippen LogP contribution in [0.1, 0.15) is 19.4 Å². The number of rotatable bonds is 2. The van der Waals surface area contributed by atoms with Gasteiger partial charge in [0.1, 0.15) is 0 Å². The first kappa shape index (κ1) is 11.5. The van der Waals surface area contributed by atoms with Gasteiger partial charge in [-0.05, 0) is 35.8 Å². The van der Waals surface area contributed by atoms with Crippen molar-refractivity contribution in [3.8, 4) is 5.75 Å². The van der Waals surface area contributed by atoms with Crippen molar-refractivity contribution in [2.75, 3.05) is 7.11 Å². The minimum atomic E-state index is -1.21. The molecule has 0 saturated heterocycles. The van der Waals surface area contributed by atoms with Crippen molar-refractivity contribution in [3.63, 3.8) is 0 Å². The third kappa shape index (κ3) is 2.07. The van der Waals surface area contributed by atoms with E-state index in [0.717, 1.165) is 0 Å². The summed E-state index contributed by atoms with van der Waals surface area (Å²) in [5.41, 5.74) is -0.990. The summed E-state index contributed by atoms with van der Waals surface area (Å²) in [4.78, 5) is 0. The molecule has 0 bridgehead atoms. The Morgan fingerprint density at radius 3 is 2.43 bits per heavy atom. The highest BCUT2D eigenvalue weighted by atomic mass is 79.9. The SMILES string of the molecule is COc1c(Br)ccc(C(C)(C)O)c1F. The highest BCUT2D eigenvalue weighted by Gasteiger charge is 2.24. The second-order valence-electron chi connectivity index (χ2n) is 3.50. The molecule has 2 nitrogen and oxygen atoms in total. The van der Waals surface area contributed by atoms with E-state index in [0.29, 0.717) is 4.47 Å². The van der Waals surface area contributed by atoms with Crippen LogP contribution in [0, 0.1) is 5.82 Å². The highest BCUT2D eigenvalue weighted by Crippen LogP contribution is 2.34. The molecule has 0 radical (unpaired) electrons. The molecule has 1 aromatic carbocycles. The third-order valence-corrected chi connectivity index (χ3v) is 2.54. The van der Waals surface area contributed by atoms with E-state index >= 15 is 0 Å². The molecule has 0 atom stereocenters. The molecule has 0 heterocycles. The Hall–Kier alpha value is -0.610. The Balaban J connectivity index is 3.36. The lowest BCUT2D eigenvalue weighted by molar-refractivity contribution is 0.0739. The average Bonchev–Trinajstić information content (AvgIpc) is 2.02. The largest absolute Gasteiger partial charge is 0.492 e. The standard InChI is InChI=1S/C10H12BrFO2/c1-10(2,13)6-4-5-7(11)9(14-3)8(6)12/h4-5,13H,1-3H3. The molecule has 14 heavy (non-hydrogen) atoms. The molecule has 1 N–H and O–H groups in total. The van der Waals surface area contributed by atoms with E-state index in [4.69, 9.17) is 4.74 Å². The summed E-state index contributed by atoms with van der Waals surface area (Å²) in [7, 11) is 1.39. The van der Waals surface area contributed by atoms with Gasteiger partial charge in [0.15, 0.2) is 11.6 Å². The summed E-state index contributed by atoms with van der Waals surface area (Å²) in [6.45, 7) is 3.05. The predicted molar refractivity (Wildman–Crippen MR) is 55.9 cm³/mol. The molecule has 1 aromatic rings. The van der Waals surface area contributed by atoms with Crippen molar-refractivity contribution in [2.45, 2.75) is 19.4 Å². The lowest BCUT2D eigenvalue weighted by Crippen LogP contribution is -2.18. The van der Waals surface area contributed by atoms with Gasteiger partial charge in [-0.15, -0.1) is 0 Å². The van der Waals surface area contributed by atoms with Crippen LogP contribution in [0.4, 0.5) is 4.39 Å². The van der Waals surface area contributed by atoms with Crippen LogP contribution in [0.25, 0.3) is 0 Å². The summed E-state index contributed by atoms with van der Waals surface area (Å²) < 4.78 is 19.1. The maximum Gasteiger partial charge on any atom is 0.172 e. The number of halogens is 2. The molecule has 0 aliphatic heterocycles. The van der Waals surface area contributed by atoms with E-state index < -0.39 is 11.4 Å². The smallest absolute Gasteiger partial charge is 0.172 e. The first-order valence-corrected chi connectivity index (χ1v) is 4.92. The summed E-state index contributed by atoms with van der Waals surface area (Å²) in [6, 6.07) is 3.18. The number of methoxy groups -OCH3 is 1. The molecule has 78 valence electrons. The molecule has 0 amide bonds. The molecule has 1 rings (SSSR count). The predicted octanol–water partition coefficient (Wildman–Crippen LogP) is 2.82. The van der Waals surface area contributed by atoms with Gasteiger partial charge < -0.3 is 9.84 Å². The van der Waals surface area contributed by atoms with Gasteiger partial charge in [0.05, 0.1) is 17.2 Å². The van der Waals surface area contributed by atoms with Crippen molar-refractivity contribution < 1.29 is 14.2 Å². The summed E-state index contributed by atoms with van der Waals surface area (Å²) in [5.74, 6) is -0.418. The zero-order valence-electron chi connectivity index (χ0n) is 8.27. The first-order valence-electron chi connectivity index (χ1n) is 4.12. The molecular formula is C10H12BrFO2. The number of benzene rings is 1. The number of hydrogen-bond acceptors (Lipinski definition) is 2. The van der Waals surface area contributed by atoms with Crippen LogP contribution in [-0.4, -0.2) is 12.2 Å². The molecule has 0 fully saturated rings. The Morgan fingerprint density at radius 2 is 2.00 bits per heavy atom. The Kier molecular flexibility index (Phi) is 3.17. The van der Waals surface area contributed by atoms with Gasteiger partial charge in [-0.25, -0.2) is 4.39 Å². The van der Waals surface area contributed by atoms with Gasteiger partial charge in [-0.3, -0.25) is 0 Å². The maximum atomic E-state index is 13.7. The van der Waals surface area contributed by atoms with Crippen molar-refractivity contribution >= 4 is 15.9 Å². The summed E-state index contributed by atoms with van der Waals surface area (Å²) >= 11 is 3.16. The van der Waals surface area contributed by atoms with E-state index in [1.54, 1.807) is 6.07 Å². The molecule has 0 saturated carbocycles. The van der Waals surface area contributed by atoms with Crippen molar-refractivity contribution in [2.24, 2.45) is 0 Å². The normalized spacial score (nSPS) is 11.6. The van der Waals surface area contributed by atoms with Crippen LogP contribution >= 0.6 is 15.9 Å². The van der Waals surface area contributed by atoms with Gasteiger partial charge in [0.25, 0.3) is 0 Å². The molecule has 0 aromatic heterocycles. The van der Waals surface area contributed by atoms with Crippen LogP contribution in [0.5, 0.6) is 5.75 Å². The topological polar surface area (TPSA) is 29.5 Å². The van der Waals surface area contributed by atoms with E-state index in [1.807, 2.05) is 0 Å². The second kappa shape index (κ2) is 3.87. The second-order valence-corrected chi connectivity index (χ2v) is 4.36. The highest BCUT2D eigenvalue weighted by molar-refractivity contribution is 9.10. The van der Waals surface area contributed by atoms with E-state index in [2.05, 4.69) is 15.9 Å². The van der Waals surface area contributed by atoms with E-state index in [-0.39, 0.29) is 11.3 Å². The average molecular weight is 263 g/mol. The summed E-state index contributed by atoms with van der Waals surface area (Å²) in [5, 5.41) is 9.67. The Bertz CT molecular complexity index is 345. The number of hydrogen-bond donors (Lipinski definition) is 1. The fourth-order valence-electron chi connectivity index (χ4n) is 1.19. The Labute approximate surface area is 90.8 Å². The van der Waals surface area contributed by atoms with E-state index in [9.17, 15) is 9.50 Å². The van der Waals surface area contributed by atoms with Gasteiger partial charge in [-0.2, -0.15) is 0 Å². The monoisotopic (exact) mass is 262 g/mol. The van der Waals surface area contributed by atoms with Crippen LogP contribution in [0.3, 0.4) is 0 Å². The van der Waals surface area contributed by atoms with Crippen LogP contribution < -0.4 is 4.74 Å². The van der Waals surface area contributed by atoms with Crippen molar-refractivity contribution in [1.29, 1.82) is 0 Å². The van der Waals surface area contributed by atoms with Crippen LogP contribution in [0.15, 0.2) is 16.6 Å². The minimum absolute atomic E-state index is 0.115. The zero-order chi connectivity index (χ0) is 10.9. The lowest BCUT2D eigenvalue weighted by atomic mass is 9.97. The fraction of sp³-hybridized carbons (Fsp3) is 0.400. The van der Waals surface area contributed by atoms with Gasteiger partial charge >= 0.3 is 0 Å². The molecular weight excluding hydrogens is 251 g/mol. The molecule has 4 heteroatoms. The van der Waals surface area contributed by atoms with Crippen molar-refractivity contribution in [3.05, 3.63) is 28.0 Å². The molecule has 0 unspecified atom stereocenters. The molecule has 0 aliphatic rings. The molecule has 0 aliphatic carbocycles. The molecule has 0 spiro atoms. The van der Waals surface area contributed by atoms with Crippen molar-refractivity contribution in [1.82, 2.24) is 0 Å². The van der Waals surface area contributed by atoms with Crippen LogP contribution in [0.2, 0.25) is 0 Å². The first-order chi connectivity index (χ1) is 6.38. The zero-order valence-corrected chi connectivity index (χ0v) is 9.85. The number of aliphatic hydroxyl groups is 1. The number of ether oxygens (including phenoxy) is 1. The van der Waals surface area contributed by atoms with Gasteiger partial charge in [-0.1, -0.05) is 6.07 Å². The fourth-order valence-corrected chi connectivity index (χ4v) is 1.66. The van der Waals surface area contributed by atoms with E-state index in [1.165, 1.54) is 27.0 Å². The maximum absolute atomic E-state index is 13.7. The quantitative estimate of drug-likeness (QED) is 0.889.